The lowest BCUT2D eigenvalue weighted by Crippen LogP contribution is -2.41. The number of carbonyl (C=O) groups is 1. The van der Waals surface area contributed by atoms with Crippen molar-refractivity contribution in [3.8, 4) is 22.7 Å². The molecule has 4 rings (SSSR count). The molecule has 1 fully saturated rings. The highest BCUT2D eigenvalue weighted by molar-refractivity contribution is 7.98. The first-order chi connectivity index (χ1) is 16.7. The smallest absolute Gasteiger partial charge is 0.220 e. The molecule has 2 aromatic carbocycles. The summed E-state index contributed by atoms with van der Waals surface area (Å²) in [5, 5.41) is 3.08. The molecule has 1 N–H and O–H groups in total. The average molecular weight is 480 g/mol. The number of aryl methyl sites for hydroxylation is 1. The second-order valence-electron chi connectivity index (χ2n) is 8.28. The monoisotopic (exact) mass is 479 g/mol. The molecule has 34 heavy (non-hydrogen) atoms. The number of amides is 1. The van der Waals surface area contributed by atoms with Crippen molar-refractivity contribution in [1.29, 1.82) is 0 Å². The molecular weight excluding hydrogens is 446 g/mol. The van der Waals surface area contributed by atoms with Gasteiger partial charge in [0, 0.05) is 48.9 Å². The van der Waals surface area contributed by atoms with Crippen LogP contribution in [0.25, 0.3) is 16.9 Å². The number of thioether (sulfide) groups is 1. The number of hydrogen-bond acceptors (Lipinski definition) is 5. The summed E-state index contributed by atoms with van der Waals surface area (Å²) >= 11 is 1.73. The Balaban J connectivity index is 1.47. The molecule has 0 radical (unpaired) electrons. The van der Waals surface area contributed by atoms with Crippen LogP contribution in [0.15, 0.2) is 65.6 Å². The fourth-order valence-electron chi connectivity index (χ4n) is 4.21. The first kappa shape index (κ1) is 24.4. The third-order valence-corrected chi connectivity index (χ3v) is 6.88. The Labute approximate surface area is 206 Å². The molecular formula is C27H33N3O3S. The van der Waals surface area contributed by atoms with Crippen LogP contribution in [0.3, 0.4) is 0 Å². The topological polar surface area (TPSA) is 55.7 Å². The molecule has 1 aliphatic heterocycles. The van der Waals surface area contributed by atoms with Crippen LogP contribution >= 0.6 is 11.8 Å². The highest BCUT2D eigenvalue weighted by Crippen LogP contribution is 2.29. The third kappa shape index (κ3) is 6.23. The largest absolute Gasteiger partial charge is 0.497 e. The molecule has 1 aliphatic rings. The number of hydrogen-bond donors (Lipinski definition) is 1. The predicted molar refractivity (Wildman–Crippen MR) is 138 cm³/mol. The van der Waals surface area contributed by atoms with Crippen molar-refractivity contribution in [2.45, 2.75) is 17.7 Å². The first-order valence-electron chi connectivity index (χ1n) is 11.7. The second kappa shape index (κ2) is 12.1. The minimum atomic E-state index is 0.0877. The molecule has 2 heterocycles. The van der Waals surface area contributed by atoms with E-state index >= 15 is 0 Å². The lowest BCUT2D eigenvalue weighted by Gasteiger charge is -2.26. The molecule has 0 spiro atoms. The number of benzene rings is 2. The highest BCUT2D eigenvalue weighted by Gasteiger charge is 2.15. The maximum Gasteiger partial charge on any atom is 0.220 e. The van der Waals surface area contributed by atoms with E-state index < -0.39 is 0 Å². The van der Waals surface area contributed by atoms with E-state index in [0.29, 0.717) is 19.4 Å². The number of nitrogens with zero attached hydrogens (tertiary/aromatic N) is 2. The van der Waals surface area contributed by atoms with Crippen LogP contribution in [0.4, 0.5) is 0 Å². The van der Waals surface area contributed by atoms with Gasteiger partial charge in [0.15, 0.2) is 0 Å². The van der Waals surface area contributed by atoms with Gasteiger partial charge in [-0.05, 0) is 78.9 Å². The molecule has 0 bridgehead atoms. The summed E-state index contributed by atoms with van der Waals surface area (Å²) in [4.78, 5) is 16.1. The summed E-state index contributed by atoms with van der Waals surface area (Å²) in [5.74, 6) is 0.921. The summed E-state index contributed by atoms with van der Waals surface area (Å²) < 4.78 is 13.0. The molecule has 1 aromatic heterocycles. The zero-order chi connectivity index (χ0) is 23.8. The Morgan fingerprint density at radius 3 is 2.44 bits per heavy atom. The van der Waals surface area contributed by atoms with Crippen LogP contribution in [-0.2, 0) is 16.0 Å². The van der Waals surface area contributed by atoms with E-state index in [9.17, 15) is 4.79 Å². The number of morpholine rings is 1. The third-order valence-electron chi connectivity index (χ3n) is 6.14. The number of aromatic nitrogens is 1. The number of rotatable bonds is 10. The van der Waals surface area contributed by atoms with E-state index in [-0.39, 0.29) is 5.91 Å². The summed E-state index contributed by atoms with van der Waals surface area (Å²) in [6.45, 7) is 4.97. The van der Waals surface area contributed by atoms with Crippen molar-refractivity contribution in [2.75, 3.05) is 52.8 Å². The molecule has 7 heteroatoms. The predicted octanol–water partition coefficient (Wildman–Crippen LogP) is 4.26. The van der Waals surface area contributed by atoms with Gasteiger partial charge in [-0.25, -0.2) is 0 Å². The molecule has 0 saturated carbocycles. The van der Waals surface area contributed by atoms with Crippen molar-refractivity contribution >= 4 is 17.7 Å². The standard InChI is InChI=1S/C27H33N3O3S/c1-32-24-9-3-21(4-10-24)26-13-7-23(30(26)22-5-11-25(34-2)12-6-22)8-14-27(31)28-15-16-29-17-19-33-20-18-29/h3-7,9-13H,8,14-20H2,1-2H3,(H,28,31). The van der Waals surface area contributed by atoms with E-state index in [4.69, 9.17) is 9.47 Å². The van der Waals surface area contributed by atoms with Crippen LogP contribution in [-0.4, -0.2) is 68.1 Å². The van der Waals surface area contributed by atoms with Gasteiger partial charge < -0.3 is 19.4 Å². The van der Waals surface area contributed by atoms with Gasteiger partial charge in [0.1, 0.15) is 5.75 Å². The Hall–Kier alpha value is -2.74. The summed E-state index contributed by atoms with van der Waals surface area (Å²) in [7, 11) is 1.68. The minimum absolute atomic E-state index is 0.0877. The summed E-state index contributed by atoms with van der Waals surface area (Å²) in [5.41, 5.74) is 4.42. The van der Waals surface area contributed by atoms with Gasteiger partial charge in [0.05, 0.1) is 26.0 Å². The van der Waals surface area contributed by atoms with E-state index in [1.54, 1.807) is 18.9 Å². The van der Waals surface area contributed by atoms with Crippen molar-refractivity contribution in [3.05, 3.63) is 66.4 Å². The zero-order valence-corrected chi connectivity index (χ0v) is 20.8. The van der Waals surface area contributed by atoms with Gasteiger partial charge in [-0.15, -0.1) is 11.8 Å². The zero-order valence-electron chi connectivity index (χ0n) is 20.0. The Bertz CT molecular complexity index is 1060. The van der Waals surface area contributed by atoms with Crippen molar-refractivity contribution in [3.63, 3.8) is 0 Å². The number of nitrogens with one attached hydrogen (secondary N) is 1. The molecule has 3 aromatic rings. The molecule has 6 nitrogen and oxygen atoms in total. The SMILES string of the molecule is COc1ccc(-c2ccc(CCC(=O)NCCN3CCOCC3)n2-c2ccc(SC)cc2)cc1. The number of carbonyl (C=O) groups excluding carboxylic acids is 1. The average Bonchev–Trinajstić information content (AvgIpc) is 3.32. The van der Waals surface area contributed by atoms with Crippen LogP contribution < -0.4 is 10.1 Å². The molecule has 180 valence electrons. The minimum Gasteiger partial charge on any atom is -0.497 e. The van der Waals surface area contributed by atoms with Gasteiger partial charge in [0.25, 0.3) is 0 Å². The quantitative estimate of drug-likeness (QED) is 0.441. The van der Waals surface area contributed by atoms with Gasteiger partial charge >= 0.3 is 0 Å². The van der Waals surface area contributed by atoms with Gasteiger partial charge in [-0.3, -0.25) is 9.69 Å². The second-order valence-corrected chi connectivity index (χ2v) is 9.16. The lowest BCUT2D eigenvalue weighted by atomic mass is 10.1. The van der Waals surface area contributed by atoms with E-state index in [1.165, 1.54) is 4.90 Å². The maximum absolute atomic E-state index is 12.6. The molecule has 0 unspecified atom stereocenters. The van der Waals surface area contributed by atoms with Crippen LogP contribution in [0.2, 0.25) is 0 Å². The molecule has 1 amide bonds. The van der Waals surface area contributed by atoms with Crippen LogP contribution in [0.1, 0.15) is 12.1 Å². The Kier molecular flexibility index (Phi) is 8.68. The van der Waals surface area contributed by atoms with Crippen molar-refractivity contribution < 1.29 is 14.3 Å². The first-order valence-corrected chi connectivity index (χ1v) is 13.0. The van der Waals surface area contributed by atoms with E-state index in [1.807, 2.05) is 12.1 Å². The summed E-state index contributed by atoms with van der Waals surface area (Å²) in [6, 6.07) is 20.9. The van der Waals surface area contributed by atoms with Gasteiger partial charge in [0.2, 0.25) is 5.91 Å². The van der Waals surface area contributed by atoms with Crippen molar-refractivity contribution in [2.24, 2.45) is 0 Å². The maximum atomic E-state index is 12.6. The van der Waals surface area contributed by atoms with Crippen molar-refractivity contribution in [1.82, 2.24) is 14.8 Å². The molecule has 0 aliphatic carbocycles. The van der Waals surface area contributed by atoms with E-state index in [0.717, 1.165) is 61.2 Å². The van der Waals surface area contributed by atoms with Gasteiger partial charge in [-0.2, -0.15) is 0 Å². The highest BCUT2D eigenvalue weighted by atomic mass is 32.2. The van der Waals surface area contributed by atoms with Crippen LogP contribution in [0.5, 0.6) is 5.75 Å². The van der Waals surface area contributed by atoms with Crippen LogP contribution in [0, 0.1) is 0 Å². The lowest BCUT2D eigenvalue weighted by molar-refractivity contribution is -0.121. The number of methoxy groups -OCH3 is 1. The molecule has 0 atom stereocenters. The number of ether oxygens (including phenoxy) is 2. The fraction of sp³-hybridized carbons (Fsp3) is 0.370. The van der Waals surface area contributed by atoms with Gasteiger partial charge in [-0.1, -0.05) is 0 Å². The normalized spacial score (nSPS) is 14.2. The van der Waals surface area contributed by atoms with E-state index in [2.05, 4.69) is 69.6 Å². The fourth-order valence-corrected chi connectivity index (χ4v) is 4.61. The summed E-state index contributed by atoms with van der Waals surface area (Å²) in [6.07, 6.45) is 3.21. The Morgan fingerprint density at radius 2 is 1.76 bits per heavy atom. The molecule has 1 saturated heterocycles. The Morgan fingerprint density at radius 1 is 1.03 bits per heavy atom.